The van der Waals surface area contributed by atoms with Crippen molar-refractivity contribution in [3.05, 3.63) is 83.7 Å². The summed E-state index contributed by atoms with van der Waals surface area (Å²) in [6, 6.07) is 20.8. The average Bonchev–Trinajstić information content (AvgIpc) is 2.92. The van der Waals surface area contributed by atoms with Crippen LogP contribution in [-0.2, 0) is 11.8 Å². The van der Waals surface area contributed by atoms with Crippen molar-refractivity contribution in [1.82, 2.24) is 9.78 Å². The number of halogens is 1. The zero-order valence-electron chi connectivity index (χ0n) is 11.0. The first-order valence-electron chi connectivity index (χ1n) is 6.59. The van der Waals surface area contributed by atoms with Gasteiger partial charge in [0.2, 0.25) is 0 Å². The first-order valence-corrected chi connectivity index (χ1v) is 7.71. The highest BCUT2D eigenvalue weighted by molar-refractivity contribution is 9.08. The van der Waals surface area contributed by atoms with Crippen LogP contribution in [-0.4, -0.2) is 9.78 Å². The van der Waals surface area contributed by atoms with E-state index in [1.54, 1.807) is 0 Å². The molecule has 3 heteroatoms. The molecule has 2 aromatic carbocycles. The van der Waals surface area contributed by atoms with Crippen LogP contribution in [0.3, 0.4) is 0 Å². The van der Waals surface area contributed by atoms with Crippen LogP contribution in [0, 0.1) is 0 Å². The number of hydrogen-bond acceptors (Lipinski definition) is 1. The second-order valence-corrected chi connectivity index (χ2v) is 5.22. The summed E-state index contributed by atoms with van der Waals surface area (Å²) in [5, 5.41) is 5.36. The molecule has 0 N–H and O–H groups in total. The lowest BCUT2D eigenvalue weighted by atomic mass is 10.1. The Kier molecular flexibility index (Phi) is 3.97. The maximum absolute atomic E-state index is 4.54. The molecule has 0 bridgehead atoms. The Balaban J connectivity index is 2.02. The van der Waals surface area contributed by atoms with Crippen LogP contribution in [0.2, 0.25) is 0 Å². The summed E-state index contributed by atoms with van der Waals surface area (Å²) >= 11 is 3.55. The van der Waals surface area contributed by atoms with Gasteiger partial charge in [0.05, 0.1) is 17.6 Å². The Morgan fingerprint density at radius 3 is 2.20 bits per heavy atom. The second-order valence-electron chi connectivity index (χ2n) is 4.66. The number of hydrogen-bond donors (Lipinski definition) is 0. The summed E-state index contributed by atoms with van der Waals surface area (Å²) in [6.45, 7) is 0. The fourth-order valence-electron chi connectivity index (χ4n) is 2.29. The molecule has 0 saturated carbocycles. The van der Waals surface area contributed by atoms with Gasteiger partial charge in [-0.3, -0.25) is 0 Å². The van der Waals surface area contributed by atoms with Gasteiger partial charge in [-0.2, -0.15) is 5.10 Å². The van der Waals surface area contributed by atoms with Crippen molar-refractivity contribution in [2.75, 3.05) is 0 Å². The Hall–Kier alpha value is -1.87. The van der Waals surface area contributed by atoms with Crippen molar-refractivity contribution in [3.63, 3.8) is 0 Å². The molecule has 100 valence electrons. The molecule has 0 fully saturated rings. The molecule has 3 rings (SSSR count). The highest BCUT2D eigenvalue weighted by Gasteiger charge is 2.11. The fraction of sp³-hybridized carbons (Fsp3) is 0.118. The molecule has 0 aliphatic heterocycles. The van der Waals surface area contributed by atoms with Gasteiger partial charge in [-0.1, -0.05) is 64.5 Å². The molecule has 0 atom stereocenters. The van der Waals surface area contributed by atoms with Gasteiger partial charge in [0.15, 0.2) is 0 Å². The minimum atomic E-state index is 0.821. The topological polar surface area (TPSA) is 17.8 Å². The minimum Gasteiger partial charge on any atom is -0.237 e. The number of benzene rings is 2. The van der Waals surface area contributed by atoms with Gasteiger partial charge in [0.1, 0.15) is 0 Å². The van der Waals surface area contributed by atoms with Crippen molar-refractivity contribution >= 4 is 15.9 Å². The minimum absolute atomic E-state index is 0.821. The van der Waals surface area contributed by atoms with Gasteiger partial charge in [-0.25, -0.2) is 4.68 Å². The molecular formula is C17H15BrN2. The molecule has 0 radical (unpaired) electrons. The summed E-state index contributed by atoms with van der Waals surface area (Å²) in [5.74, 6) is 0. The van der Waals surface area contributed by atoms with Crippen LogP contribution in [0.1, 0.15) is 16.8 Å². The molecule has 0 amide bonds. The van der Waals surface area contributed by atoms with Crippen LogP contribution in [0.4, 0.5) is 0 Å². The van der Waals surface area contributed by atoms with E-state index >= 15 is 0 Å². The molecule has 0 aliphatic carbocycles. The van der Waals surface area contributed by atoms with E-state index in [0.717, 1.165) is 17.4 Å². The summed E-state index contributed by atoms with van der Waals surface area (Å²) in [6.07, 6.45) is 2.83. The molecule has 1 heterocycles. The number of alkyl halides is 1. The quantitative estimate of drug-likeness (QED) is 0.651. The van der Waals surface area contributed by atoms with Crippen LogP contribution in [0.15, 0.2) is 66.9 Å². The van der Waals surface area contributed by atoms with E-state index in [1.807, 2.05) is 35.1 Å². The van der Waals surface area contributed by atoms with Gasteiger partial charge >= 0.3 is 0 Å². The van der Waals surface area contributed by atoms with Crippen LogP contribution in [0.5, 0.6) is 0 Å². The van der Waals surface area contributed by atoms with Crippen molar-refractivity contribution < 1.29 is 0 Å². The van der Waals surface area contributed by atoms with E-state index in [2.05, 4.69) is 57.4 Å². The lowest BCUT2D eigenvalue weighted by Crippen LogP contribution is -2.04. The smallest absolute Gasteiger partial charge is 0.0649 e. The van der Waals surface area contributed by atoms with E-state index < -0.39 is 0 Å². The maximum Gasteiger partial charge on any atom is 0.0649 e. The molecule has 20 heavy (non-hydrogen) atoms. The predicted molar refractivity (Wildman–Crippen MR) is 85.4 cm³/mol. The first-order chi connectivity index (χ1) is 9.88. The van der Waals surface area contributed by atoms with Crippen LogP contribution in [0.25, 0.3) is 5.69 Å². The molecule has 0 unspecified atom stereocenters. The summed E-state index contributed by atoms with van der Waals surface area (Å²) in [4.78, 5) is 0. The van der Waals surface area contributed by atoms with Gasteiger partial charge in [0, 0.05) is 17.3 Å². The van der Waals surface area contributed by atoms with Crippen LogP contribution >= 0.6 is 15.9 Å². The average molecular weight is 327 g/mol. The summed E-state index contributed by atoms with van der Waals surface area (Å²) in [7, 11) is 0. The molecule has 0 aliphatic rings. The molecule has 0 spiro atoms. The Morgan fingerprint density at radius 2 is 1.55 bits per heavy atom. The SMILES string of the molecule is BrCc1cnn(-c2ccccc2)c1Cc1ccccc1. The normalized spacial score (nSPS) is 10.7. The third-order valence-corrected chi connectivity index (χ3v) is 3.92. The molecule has 3 aromatic rings. The fourth-order valence-corrected chi connectivity index (χ4v) is 2.76. The lowest BCUT2D eigenvalue weighted by Gasteiger charge is -2.09. The highest BCUT2D eigenvalue weighted by Crippen LogP contribution is 2.20. The first kappa shape index (κ1) is 13.1. The number of para-hydroxylation sites is 1. The standard InChI is InChI=1S/C17H15BrN2/c18-12-15-13-19-20(16-9-5-2-6-10-16)17(15)11-14-7-3-1-4-8-14/h1-10,13H,11-12H2. The monoisotopic (exact) mass is 326 g/mol. The largest absolute Gasteiger partial charge is 0.237 e. The third-order valence-electron chi connectivity index (χ3n) is 3.31. The molecule has 1 aromatic heterocycles. The van der Waals surface area contributed by atoms with E-state index in [9.17, 15) is 0 Å². The number of rotatable bonds is 4. The van der Waals surface area contributed by atoms with E-state index in [0.29, 0.717) is 0 Å². The molecular weight excluding hydrogens is 312 g/mol. The van der Waals surface area contributed by atoms with Gasteiger partial charge in [-0.05, 0) is 17.7 Å². The lowest BCUT2D eigenvalue weighted by molar-refractivity contribution is 0.821. The van der Waals surface area contributed by atoms with Crippen molar-refractivity contribution in [2.45, 2.75) is 11.8 Å². The second kappa shape index (κ2) is 6.06. The van der Waals surface area contributed by atoms with E-state index in [4.69, 9.17) is 0 Å². The maximum atomic E-state index is 4.54. The Bertz CT molecular complexity index is 675. The summed E-state index contributed by atoms with van der Waals surface area (Å²) in [5.41, 5.74) is 4.87. The summed E-state index contributed by atoms with van der Waals surface area (Å²) < 4.78 is 2.03. The Morgan fingerprint density at radius 1 is 0.900 bits per heavy atom. The third kappa shape index (κ3) is 2.68. The van der Waals surface area contributed by atoms with Gasteiger partial charge in [0.25, 0.3) is 0 Å². The predicted octanol–water partition coefficient (Wildman–Crippen LogP) is 4.36. The highest BCUT2D eigenvalue weighted by atomic mass is 79.9. The zero-order chi connectivity index (χ0) is 13.8. The number of aromatic nitrogens is 2. The zero-order valence-corrected chi connectivity index (χ0v) is 12.6. The van der Waals surface area contributed by atoms with Crippen LogP contribution < -0.4 is 0 Å². The molecule has 2 nitrogen and oxygen atoms in total. The van der Waals surface area contributed by atoms with Crippen molar-refractivity contribution in [1.29, 1.82) is 0 Å². The van der Waals surface area contributed by atoms with E-state index in [-0.39, 0.29) is 0 Å². The molecule has 0 saturated heterocycles. The van der Waals surface area contributed by atoms with Gasteiger partial charge in [-0.15, -0.1) is 0 Å². The number of nitrogens with zero attached hydrogens (tertiary/aromatic N) is 2. The van der Waals surface area contributed by atoms with Gasteiger partial charge < -0.3 is 0 Å². The van der Waals surface area contributed by atoms with Crippen molar-refractivity contribution in [2.24, 2.45) is 0 Å². The van der Waals surface area contributed by atoms with E-state index in [1.165, 1.54) is 16.8 Å². The van der Waals surface area contributed by atoms with Crippen molar-refractivity contribution in [3.8, 4) is 5.69 Å². The Labute approximate surface area is 127 Å².